The molecule has 1 heteroatoms. The number of nitrogens with zero attached hydrogens (tertiary/aromatic N) is 1. The lowest BCUT2D eigenvalue weighted by Crippen LogP contribution is -1.95. The van der Waals surface area contributed by atoms with Crippen molar-refractivity contribution in [1.82, 2.24) is 0 Å². The lowest BCUT2D eigenvalue weighted by molar-refractivity contribution is 0.835. The minimum atomic E-state index is 0.496. The maximum Gasteiger partial charge on any atom is 0.0698 e. The molecular weight excluding hydrogens is 194 g/mol. The number of para-hydroxylation sites is 1. The molecule has 0 saturated heterocycles. The predicted octanol–water partition coefficient (Wildman–Crippen LogP) is 4.82. The van der Waals surface area contributed by atoms with E-state index in [0.29, 0.717) is 11.8 Å². The van der Waals surface area contributed by atoms with Crippen LogP contribution in [0.2, 0.25) is 0 Å². The number of benzene rings is 1. The van der Waals surface area contributed by atoms with Crippen LogP contribution in [0.15, 0.2) is 35.8 Å². The van der Waals surface area contributed by atoms with Gasteiger partial charge in [0.25, 0.3) is 0 Å². The van der Waals surface area contributed by atoms with E-state index >= 15 is 0 Å². The maximum atomic E-state index is 4.52. The van der Waals surface area contributed by atoms with Gasteiger partial charge in [0, 0.05) is 6.21 Å². The molecule has 0 atom stereocenters. The van der Waals surface area contributed by atoms with E-state index in [1.807, 2.05) is 0 Å². The highest BCUT2D eigenvalue weighted by molar-refractivity contribution is 5.75. The van der Waals surface area contributed by atoms with Crippen LogP contribution in [-0.2, 0) is 0 Å². The summed E-state index contributed by atoms with van der Waals surface area (Å²) in [4.78, 5) is 4.52. The molecule has 0 aliphatic rings. The van der Waals surface area contributed by atoms with Gasteiger partial charge >= 0.3 is 0 Å². The van der Waals surface area contributed by atoms with Gasteiger partial charge in [-0.05, 0) is 23.0 Å². The molecule has 0 N–H and O–H groups in total. The number of allylic oxidation sites excluding steroid dienone is 1. The Hall–Kier alpha value is -1.37. The molecule has 1 aromatic rings. The van der Waals surface area contributed by atoms with Crippen LogP contribution in [0.5, 0.6) is 0 Å². The van der Waals surface area contributed by atoms with Gasteiger partial charge in [-0.15, -0.1) is 0 Å². The molecule has 86 valence electrons. The lowest BCUT2D eigenvalue weighted by atomic mass is 9.93. The molecule has 0 fully saturated rings. The average molecular weight is 215 g/mol. The molecule has 0 spiro atoms. The number of rotatable bonds is 4. The normalized spacial score (nSPS) is 11.6. The van der Waals surface area contributed by atoms with Crippen LogP contribution in [-0.4, -0.2) is 6.21 Å². The summed E-state index contributed by atoms with van der Waals surface area (Å²) in [6, 6.07) is 6.44. The molecule has 1 nitrogen and oxygen atoms in total. The van der Waals surface area contributed by atoms with Crippen molar-refractivity contribution in [3.63, 3.8) is 0 Å². The van der Waals surface area contributed by atoms with Crippen molar-refractivity contribution < 1.29 is 0 Å². The Kier molecular flexibility index (Phi) is 4.48. The second kappa shape index (κ2) is 5.64. The fourth-order valence-corrected chi connectivity index (χ4v) is 1.79. The fraction of sp³-hybridized carbons (Fsp3) is 0.400. The Bertz CT molecular complexity index is 360. The molecule has 1 rings (SSSR count). The van der Waals surface area contributed by atoms with Crippen molar-refractivity contribution in [3.05, 3.63) is 42.0 Å². The molecule has 0 aliphatic carbocycles. The van der Waals surface area contributed by atoms with Crippen LogP contribution in [0.25, 0.3) is 0 Å². The molecule has 0 saturated carbocycles. The zero-order valence-electron chi connectivity index (χ0n) is 10.7. The van der Waals surface area contributed by atoms with E-state index < -0.39 is 0 Å². The first-order chi connectivity index (χ1) is 7.57. The largest absolute Gasteiger partial charge is 0.256 e. The van der Waals surface area contributed by atoms with Crippen molar-refractivity contribution in [1.29, 1.82) is 0 Å². The van der Waals surface area contributed by atoms with Crippen molar-refractivity contribution in [2.75, 3.05) is 0 Å². The third-order valence-electron chi connectivity index (χ3n) is 2.65. The second-order valence-electron chi connectivity index (χ2n) is 4.61. The van der Waals surface area contributed by atoms with Crippen LogP contribution in [0.3, 0.4) is 0 Å². The fourth-order valence-electron chi connectivity index (χ4n) is 1.79. The first-order valence-corrected chi connectivity index (χ1v) is 5.85. The van der Waals surface area contributed by atoms with Crippen molar-refractivity contribution in [3.8, 4) is 0 Å². The molecule has 0 aliphatic heterocycles. The van der Waals surface area contributed by atoms with E-state index in [-0.39, 0.29) is 0 Å². The van der Waals surface area contributed by atoms with E-state index in [1.54, 1.807) is 12.3 Å². The zero-order valence-corrected chi connectivity index (χ0v) is 10.7. The molecule has 0 radical (unpaired) electrons. The predicted molar refractivity (Wildman–Crippen MR) is 73.0 cm³/mol. The SMILES string of the molecule is C=CC=Nc1c(C(C)C)cccc1C(C)C. The van der Waals surface area contributed by atoms with Gasteiger partial charge in [0.05, 0.1) is 5.69 Å². The highest BCUT2D eigenvalue weighted by Gasteiger charge is 2.11. The molecule has 1 aromatic carbocycles. The topological polar surface area (TPSA) is 12.4 Å². The Morgan fingerprint density at radius 2 is 1.56 bits per heavy atom. The van der Waals surface area contributed by atoms with Crippen molar-refractivity contribution >= 4 is 11.9 Å². The summed E-state index contributed by atoms with van der Waals surface area (Å²) in [7, 11) is 0. The van der Waals surface area contributed by atoms with Gasteiger partial charge in [-0.2, -0.15) is 0 Å². The quantitative estimate of drug-likeness (QED) is 0.638. The molecular formula is C15H21N. The summed E-state index contributed by atoms with van der Waals surface area (Å²) in [5, 5.41) is 0. The van der Waals surface area contributed by atoms with Crippen LogP contribution in [0.1, 0.15) is 50.7 Å². The van der Waals surface area contributed by atoms with Crippen molar-refractivity contribution in [2.45, 2.75) is 39.5 Å². The van der Waals surface area contributed by atoms with E-state index in [0.717, 1.165) is 5.69 Å². The summed E-state index contributed by atoms with van der Waals surface area (Å²) < 4.78 is 0. The molecule has 0 amide bonds. The minimum Gasteiger partial charge on any atom is -0.256 e. The van der Waals surface area contributed by atoms with E-state index in [2.05, 4.69) is 57.5 Å². The summed E-state index contributed by atoms with van der Waals surface area (Å²) in [6.45, 7) is 12.5. The number of hydrogen-bond donors (Lipinski definition) is 0. The van der Waals surface area contributed by atoms with Crippen LogP contribution >= 0.6 is 0 Å². The monoisotopic (exact) mass is 215 g/mol. The summed E-state index contributed by atoms with van der Waals surface area (Å²) in [6.07, 6.45) is 3.49. The highest BCUT2D eigenvalue weighted by atomic mass is 14.7. The minimum absolute atomic E-state index is 0.496. The van der Waals surface area contributed by atoms with E-state index in [4.69, 9.17) is 0 Å². The average Bonchev–Trinajstić information content (AvgIpc) is 2.25. The highest BCUT2D eigenvalue weighted by Crippen LogP contribution is 2.34. The Morgan fingerprint density at radius 3 is 1.94 bits per heavy atom. The molecule has 0 heterocycles. The Balaban J connectivity index is 3.34. The lowest BCUT2D eigenvalue weighted by Gasteiger charge is -2.15. The Morgan fingerprint density at radius 1 is 1.06 bits per heavy atom. The van der Waals surface area contributed by atoms with E-state index in [1.165, 1.54) is 11.1 Å². The molecule has 16 heavy (non-hydrogen) atoms. The smallest absolute Gasteiger partial charge is 0.0698 e. The zero-order chi connectivity index (χ0) is 12.1. The van der Waals surface area contributed by atoms with Crippen molar-refractivity contribution in [2.24, 2.45) is 4.99 Å². The number of hydrogen-bond acceptors (Lipinski definition) is 1. The summed E-state index contributed by atoms with van der Waals surface area (Å²) in [5.41, 5.74) is 3.74. The standard InChI is InChI=1S/C15H21N/c1-6-10-16-15-13(11(2)3)8-7-9-14(15)12(4)5/h6-12H,1H2,2-5H3. The number of aliphatic imine (C=N–C) groups is 1. The van der Waals surface area contributed by atoms with Gasteiger partial charge in [-0.3, -0.25) is 4.99 Å². The van der Waals surface area contributed by atoms with Gasteiger partial charge in [0.1, 0.15) is 0 Å². The van der Waals surface area contributed by atoms with Gasteiger partial charge in [0.15, 0.2) is 0 Å². The van der Waals surface area contributed by atoms with Gasteiger partial charge in [-0.25, -0.2) is 0 Å². The summed E-state index contributed by atoms with van der Waals surface area (Å²) >= 11 is 0. The van der Waals surface area contributed by atoms with Gasteiger partial charge in [0.2, 0.25) is 0 Å². The van der Waals surface area contributed by atoms with Crippen LogP contribution in [0, 0.1) is 0 Å². The first-order valence-electron chi connectivity index (χ1n) is 5.85. The van der Waals surface area contributed by atoms with Crippen LogP contribution < -0.4 is 0 Å². The third-order valence-corrected chi connectivity index (χ3v) is 2.65. The van der Waals surface area contributed by atoms with Gasteiger partial charge in [-0.1, -0.05) is 58.5 Å². The van der Waals surface area contributed by atoms with E-state index in [9.17, 15) is 0 Å². The molecule has 0 unspecified atom stereocenters. The first kappa shape index (κ1) is 12.7. The Labute approximate surface area is 98.9 Å². The maximum absolute atomic E-state index is 4.52. The molecule has 0 aromatic heterocycles. The molecule has 0 bridgehead atoms. The second-order valence-corrected chi connectivity index (χ2v) is 4.61. The van der Waals surface area contributed by atoms with Crippen LogP contribution in [0.4, 0.5) is 5.69 Å². The van der Waals surface area contributed by atoms with Gasteiger partial charge < -0.3 is 0 Å². The summed E-state index contributed by atoms with van der Waals surface area (Å²) in [5.74, 6) is 0.992. The third kappa shape index (κ3) is 2.82.